The van der Waals surface area contributed by atoms with Gasteiger partial charge in [0.05, 0.1) is 17.1 Å². The summed E-state index contributed by atoms with van der Waals surface area (Å²) >= 11 is 0. The Bertz CT molecular complexity index is 999. The maximum atomic E-state index is 13.7. The van der Waals surface area contributed by atoms with Crippen molar-refractivity contribution in [2.45, 2.75) is 81.5 Å². The second-order valence-corrected chi connectivity index (χ2v) is 10.5. The summed E-state index contributed by atoms with van der Waals surface area (Å²) in [6.45, 7) is 1.60. The first-order valence-electron chi connectivity index (χ1n) is 12.6. The lowest BCUT2D eigenvalue weighted by atomic mass is 9.75. The van der Waals surface area contributed by atoms with E-state index in [2.05, 4.69) is 0 Å². The predicted octanol–water partition coefficient (Wildman–Crippen LogP) is 4.06. The van der Waals surface area contributed by atoms with E-state index in [0.717, 1.165) is 44.2 Å². The quantitative estimate of drug-likeness (QED) is 0.514. The van der Waals surface area contributed by atoms with Crippen molar-refractivity contribution >= 4 is 17.7 Å². The van der Waals surface area contributed by atoms with Gasteiger partial charge < -0.3 is 9.64 Å². The highest BCUT2D eigenvalue weighted by molar-refractivity contribution is 6.11. The lowest BCUT2D eigenvalue weighted by Crippen LogP contribution is -2.47. The van der Waals surface area contributed by atoms with Crippen molar-refractivity contribution in [2.24, 2.45) is 5.92 Å². The van der Waals surface area contributed by atoms with Gasteiger partial charge in [0.25, 0.3) is 0 Å². The number of carbonyl (C=O) groups is 3. The standard InChI is InChI=1S/C26H31F3N2O4/c27-26(28,29)19-7-2-6-18(12-19)25(14-23(33)31(24(25)34)20-9-10-20)13-22(32)30(15-17-4-1-5-17)16-21-8-3-11-35-21/h2,6-7,12,17,20-21H,1,3-5,8-11,13-16H2. The van der Waals surface area contributed by atoms with Crippen LogP contribution >= 0.6 is 0 Å². The molecule has 4 aliphatic rings. The third-order valence-electron chi connectivity index (χ3n) is 7.96. The van der Waals surface area contributed by atoms with Gasteiger partial charge in [-0.25, -0.2) is 0 Å². The third-order valence-corrected chi connectivity index (χ3v) is 7.96. The Morgan fingerprint density at radius 3 is 2.46 bits per heavy atom. The lowest BCUT2D eigenvalue weighted by Gasteiger charge is -2.36. The number of benzene rings is 1. The number of hydrogen-bond donors (Lipinski definition) is 0. The Labute approximate surface area is 202 Å². The van der Waals surface area contributed by atoms with E-state index in [0.29, 0.717) is 38.5 Å². The molecule has 4 fully saturated rings. The molecule has 1 aromatic carbocycles. The summed E-state index contributed by atoms with van der Waals surface area (Å²) in [5, 5.41) is 0. The molecule has 2 aliphatic heterocycles. The fourth-order valence-corrected chi connectivity index (χ4v) is 5.59. The summed E-state index contributed by atoms with van der Waals surface area (Å²) in [5.41, 5.74) is -2.42. The van der Waals surface area contributed by atoms with Crippen LogP contribution in [-0.4, -0.2) is 59.4 Å². The summed E-state index contributed by atoms with van der Waals surface area (Å²) in [6.07, 6.45) is 1.05. The van der Waals surface area contributed by atoms with E-state index >= 15 is 0 Å². The number of nitrogens with zero attached hydrogens (tertiary/aromatic N) is 2. The first-order chi connectivity index (χ1) is 16.7. The minimum Gasteiger partial charge on any atom is -0.376 e. The zero-order chi connectivity index (χ0) is 24.8. The third kappa shape index (κ3) is 4.84. The van der Waals surface area contributed by atoms with E-state index in [-0.39, 0.29) is 36.5 Å². The number of rotatable bonds is 8. The van der Waals surface area contributed by atoms with E-state index in [9.17, 15) is 27.6 Å². The van der Waals surface area contributed by atoms with Crippen LogP contribution in [0.2, 0.25) is 0 Å². The number of amides is 3. The Hall–Kier alpha value is -2.42. The van der Waals surface area contributed by atoms with Gasteiger partial charge in [0.2, 0.25) is 17.7 Å². The number of halogens is 3. The summed E-state index contributed by atoms with van der Waals surface area (Å²) in [7, 11) is 0. The second kappa shape index (κ2) is 9.22. The molecule has 2 aliphatic carbocycles. The van der Waals surface area contributed by atoms with Gasteiger partial charge in [-0.05, 0) is 56.1 Å². The number of likely N-dealkylation sites (tertiary alicyclic amines) is 1. The van der Waals surface area contributed by atoms with Gasteiger partial charge in [0.15, 0.2) is 0 Å². The van der Waals surface area contributed by atoms with Crippen LogP contribution in [0.4, 0.5) is 13.2 Å². The van der Waals surface area contributed by atoms with Crippen LogP contribution in [0.3, 0.4) is 0 Å². The SMILES string of the molecule is O=C(CC1(c2cccc(C(F)(F)F)c2)CC(=O)N(C2CC2)C1=O)N(CC1CCC1)CC1CCCO1. The monoisotopic (exact) mass is 492 g/mol. The van der Waals surface area contributed by atoms with Crippen LogP contribution in [-0.2, 0) is 30.7 Å². The molecule has 35 heavy (non-hydrogen) atoms. The predicted molar refractivity (Wildman–Crippen MR) is 120 cm³/mol. The van der Waals surface area contributed by atoms with Crippen LogP contribution in [0, 0.1) is 5.92 Å². The van der Waals surface area contributed by atoms with Crippen LogP contribution in [0.25, 0.3) is 0 Å². The maximum absolute atomic E-state index is 13.7. The van der Waals surface area contributed by atoms with Crippen molar-refractivity contribution < 1.29 is 32.3 Å². The number of carbonyl (C=O) groups excluding carboxylic acids is 3. The Balaban J connectivity index is 1.47. The molecular weight excluding hydrogens is 461 g/mol. The molecule has 2 saturated carbocycles. The fraction of sp³-hybridized carbons (Fsp3) is 0.654. The van der Waals surface area contributed by atoms with Crippen molar-refractivity contribution in [1.29, 1.82) is 0 Å². The van der Waals surface area contributed by atoms with Gasteiger partial charge in [-0.1, -0.05) is 24.6 Å². The summed E-state index contributed by atoms with van der Waals surface area (Å²) in [6, 6.07) is 4.36. The molecule has 9 heteroatoms. The average molecular weight is 493 g/mol. The van der Waals surface area contributed by atoms with Crippen LogP contribution in [0.15, 0.2) is 24.3 Å². The van der Waals surface area contributed by atoms with Gasteiger partial charge in [-0.2, -0.15) is 13.2 Å². The largest absolute Gasteiger partial charge is 0.416 e. The maximum Gasteiger partial charge on any atom is 0.416 e. The highest BCUT2D eigenvalue weighted by Gasteiger charge is 2.57. The van der Waals surface area contributed by atoms with Gasteiger partial charge in [0, 0.05) is 38.6 Å². The number of hydrogen-bond acceptors (Lipinski definition) is 4. The molecule has 2 unspecified atom stereocenters. The Morgan fingerprint density at radius 1 is 1.09 bits per heavy atom. The zero-order valence-corrected chi connectivity index (χ0v) is 19.7. The molecule has 6 nitrogen and oxygen atoms in total. The average Bonchev–Trinajstić information content (AvgIpc) is 3.40. The number of ether oxygens (including phenoxy) is 1. The Morgan fingerprint density at radius 2 is 1.86 bits per heavy atom. The molecular formula is C26H31F3N2O4. The molecule has 0 radical (unpaired) electrons. The van der Waals surface area contributed by atoms with E-state index in [4.69, 9.17) is 4.74 Å². The van der Waals surface area contributed by atoms with E-state index < -0.39 is 29.0 Å². The molecule has 5 rings (SSSR count). The zero-order valence-electron chi connectivity index (χ0n) is 19.7. The summed E-state index contributed by atoms with van der Waals surface area (Å²) < 4.78 is 46.3. The minimum absolute atomic E-state index is 0.0765. The van der Waals surface area contributed by atoms with Crippen molar-refractivity contribution in [3.8, 4) is 0 Å². The smallest absolute Gasteiger partial charge is 0.376 e. The normalized spacial score (nSPS) is 27.4. The molecule has 2 atom stereocenters. The van der Waals surface area contributed by atoms with Crippen molar-refractivity contribution in [3.63, 3.8) is 0 Å². The van der Waals surface area contributed by atoms with Crippen molar-refractivity contribution in [3.05, 3.63) is 35.4 Å². The second-order valence-electron chi connectivity index (χ2n) is 10.5. The molecule has 3 amide bonds. The van der Waals surface area contributed by atoms with Crippen molar-refractivity contribution in [2.75, 3.05) is 19.7 Å². The first kappa shape index (κ1) is 24.3. The van der Waals surface area contributed by atoms with E-state index in [1.165, 1.54) is 17.0 Å². The molecule has 0 spiro atoms. The molecule has 2 heterocycles. The highest BCUT2D eigenvalue weighted by atomic mass is 19.4. The molecule has 190 valence electrons. The first-order valence-corrected chi connectivity index (χ1v) is 12.6. The Kier molecular flexibility index (Phi) is 6.40. The number of alkyl halides is 3. The molecule has 0 N–H and O–H groups in total. The molecule has 0 aromatic heterocycles. The van der Waals surface area contributed by atoms with Crippen molar-refractivity contribution in [1.82, 2.24) is 9.80 Å². The van der Waals surface area contributed by atoms with Crippen LogP contribution in [0.1, 0.15) is 68.9 Å². The lowest BCUT2D eigenvalue weighted by molar-refractivity contribution is -0.144. The van der Waals surface area contributed by atoms with E-state index in [1.54, 1.807) is 4.90 Å². The minimum atomic E-state index is -4.60. The molecule has 1 aromatic rings. The molecule has 0 bridgehead atoms. The molecule has 2 saturated heterocycles. The van der Waals surface area contributed by atoms with Gasteiger partial charge >= 0.3 is 6.18 Å². The van der Waals surface area contributed by atoms with Crippen LogP contribution in [0.5, 0.6) is 0 Å². The van der Waals surface area contributed by atoms with Gasteiger partial charge in [0.1, 0.15) is 0 Å². The van der Waals surface area contributed by atoms with E-state index in [1.807, 2.05) is 0 Å². The number of imide groups is 1. The summed E-state index contributed by atoms with van der Waals surface area (Å²) in [5.74, 6) is -0.872. The van der Waals surface area contributed by atoms with Gasteiger partial charge in [-0.15, -0.1) is 0 Å². The fourth-order valence-electron chi connectivity index (χ4n) is 5.59. The topological polar surface area (TPSA) is 66.9 Å². The van der Waals surface area contributed by atoms with Crippen LogP contribution < -0.4 is 0 Å². The highest BCUT2D eigenvalue weighted by Crippen LogP contribution is 2.45. The van der Waals surface area contributed by atoms with Gasteiger partial charge in [-0.3, -0.25) is 19.3 Å². The summed E-state index contributed by atoms with van der Waals surface area (Å²) in [4.78, 5) is 43.3.